The summed E-state index contributed by atoms with van der Waals surface area (Å²) < 4.78 is 10.4. The van der Waals surface area contributed by atoms with Crippen molar-refractivity contribution in [2.45, 2.75) is 39.5 Å². The van der Waals surface area contributed by atoms with Gasteiger partial charge in [-0.05, 0) is 41.7 Å². The van der Waals surface area contributed by atoms with Crippen molar-refractivity contribution in [1.29, 1.82) is 0 Å². The maximum absolute atomic E-state index is 11.9. The number of carbonyl (C=O) groups is 2. The van der Waals surface area contributed by atoms with Crippen LogP contribution in [0.5, 0.6) is 5.75 Å². The van der Waals surface area contributed by atoms with Crippen molar-refractivity contribution in [3.63, 3.8) is 0 Å². The van der Waals surface area contributed by atoms with Crippen LogP contribution in [0.2, 0.25) is 0 Å². The Bertz CT molecular complexity index is 691. The summed E-state index contributed by atoms with van der Waals surface area (Å²) in [6, 6.07) is 13.5. The molecular formula is C20H24O4. The summed E-state index contributed by atoms with van der Waals surface area (Å²) in [4.78, 5) is 23.3. The van der Waals surface area contributed by atoms with E-state index in [-0.39, 0.29) is 11.9 Å². The minimum Gasteiger partial charge on any atom is -0.465 e. The molecule has 0 amide bonds. The van der Waals surface area contributed by atoms with Gasteiger partial charge in [0.2, 0.25) is 0 Å². The Labute approximate surface area is 142 Å². The monoisotopic (exact) mass is 328 g/mol. The van der Waals surface area contributed by atoms with Crippen molar-refractivity contribution in [3.8, 4) is 5.75 Å². The number of esters is 2. The van der Waals surface area contributed by atoms with Crippen molar-refractivity contribution in [2.75, 3.05) is 6.61 Å². The predicted molar refractivity (Wildman–Crippen MR) is 93.8 cm³/mol. The lowest BCUT2D eigenvalue weighted by Gasteiger charge is -2.07. The van der Waals surface area contributed by atoms with Crippen molar-refractivity contribution in [1.82, 2.24) is 0 Å². The van der Waals surface area contributed by atoms with E-state index in [1.165, 1.54) is 0 Å². The van der Waals surface area contributed by atoms with Gasteiger partial charge in [0, 0.05) is 12.8 Å². The molecule has 0 saturated carbocycles. The Hall–Kier alpha value is -2.36. The van der Waals surface area contributed by atoms with Crippen molar-refractivity contribution in [3.05, 3.63) is 42.5 Å². The van der Waals surface area contributed by atoms with Gasteiger partial charge >= 0.3 is 11.9 Å². The summed E-state index contributed by atoms with van der Waals surface area (Å²) >= 11 is 0. The van der Waals surface area contributed by atoms with E-state index < -0.39 is 0 Å². The highest BCUT2D eigenvalue weighted by atomic mass is 16.5. The van der Waals surface area contributed by atoms with Gasteiger partial charge in [0.15, 0.2) is 0 Å². The minimum atomic E-state index is -0.277. The van der Waals surface area contributed by atoms with Gasteiger partial charge in [0.1, 0.15) is 5.75 Å². The summed E-state index contributed by atoms with van der Waals surface area (Å²) in [7, 11) is 0. The summed E-state index contributed by atoms with van der Waals surface area (Å²) in [5, 5.41) is 2.15. The van der Waals surface area contributed by atoms with E-state index in [1.807, 2.05) is 50.2 Å². The van der Waals surface area contributed by atoms with Crippen LogP contribution in [0.15, 0.2) is 42.5 Å². The highest BCUT2D eigenvalue weighted by Gasteiger charge is 2.08. The number of unbranched alkanes of at least 4 members (excludes halogenated alkanes) is 1. The van der Waals surface area contributed by atoms with E-state index in [9.17, 15) is 9.59 Å². The molecule has 4 nitrogen and oxygen atoms in total. The first-order valence-electron chi connectivity index (χ1n) is 8.39. The van der Waals surface area contributed by atoms with Crippen molar-refractivity contribution >= 4 is 22.7 Å². The first kappa shape index (κ1) is 18.0. The van der Waals surface area contributed by atoms with Gasteiger partial charge in [-0.2, -0.15) is 0 Å². The van der Waals surface area contributed by atoms with Crippen LogP contribution >= 0.6 is 0 Å². The highest BCUT2D eigenvalue weighted by Crippen LogP contribution is 2.21. The molecule has 128 valence electrons. The third-order valence-electron chi connectivity index (χ3n) is 3.54. The summed E-state index contributed by atoms with van der Waals surface area (Å²) in [5.41, 5.74) is 0. The molecule has 4 heteroatoms. The summed E-state index contributed by atoms with van der Waals surface area (Å²) in [5.74, 6) is 0.411. The molecule has 0 spiro atoms. The number of hydrogen-bond acceptors (Lipinski definition) is 4. The van der Waals surface area contributed by atoms with Gasteiger partial charge in [-0.25, -0.2) is 0 Å². The molecule has 0 heterocycles. The highest BCUT2D eigenvalue weighted by molar-refractivity contribution is 5.84. The van der Waals surface area contributed by atoms with Crippen LogP contribution in [0.4, 0.5) is 0 Å². The Morgan fingerprint density at radius 2 is 1.58 bits per heavy atom. The van der Waals surface area contributed by atoms with Gasteiger partial charge in [-0.1, -0.05) is 44.2 Å². The van der Waals surface area contributed by atoms with Crippen LogP contribution in [-0.2, 0) is 14.3 Å². The number of rotatable bonds is 8. The first-order chi connectivity index (χ1) is 11.5. The molecule has 2 rings (SSSR count). The van der Waals surface area contributed by atoms with E-state index in [4.69, 9.17) is 9.47 Å². The lowest BCUT2D eigenvalue weighted by Crippen LogP contribution is -2.10. The van der Waals surface area contributed by atoms with Crippen molar-refractivity contribution in [2.24, 2.45) is 5.92 Å². The second-order valence-corrected chi connectivity index (χ2v) is 6.27. The van der Waals surface area contributed by atoms with Gasteiger partial charge in [0.25, 0.3) is 0 Å². The molecule has 0 radical (unpaired) electrons. The second kappa shape index (κ2) is 9.06. The molecule has 2 aromatic rings. The molecule has 0 N–H and O–H groups in total. The molecule has 0 aliphatic rings. The number of fused-ring (bicyclic) bond motifs is 1. The van der Waals surface area contributed by atoms with Crippen LogP contribution in [0.1, 0.15) is 39.5 Å². The Balaban J connectivity index is 1.70. The predicted octanol–water partition coefficient (Wildman–Crippen LogP) is 4.50. The normalized spacial score (nSPS) is 10.8. The zero-order valence-corrected chi connectivity index (χ0v) is 14.3. The number of carbonyl (C=O) groups excluding carboxylic acids is 2. The molecule has 2 aromatic carbocycles. The Morgan fingerprint density at radius 1 is 0.917 bits per heavy atom. The molecule has 0 aliphatic carbocycles. The quantitative estimate of drug-likeness (QED) is 0.406. The van der Waals surface area contributed by atoms with E-state index in [0.717, 1.165) is 10.8 Å². The fourth-order valence-electron chi connectivity index (χ4n) is 2.28. The topological polar surface area (TPSA) is 52.6 Å². The smallest absolute Gasteiger partial charge is 0.311 e. The maximum atomic E-state index is 11.9. The third kappa shape index (κ3) is 6.03. The molecule has 0 fully saturated rings. The Morgan fingerprint density at radius 3 is 2.29 bits per heavy atom. The van der Waals surface area contributed by atoms with Gasteiger partial charge in [-0.15, -0.1) is 0 Å². The third-order valence-corrected chi connectivity index (χ3v) is 3.54. The SMILES string of the molecule is CC(C)COC(=O)CCCCC(=O)Oc1ccc2ccccc2c1. The van der Waals surface area contributed by atoms with Gasteiger partial charge in [0.05, 0.1) is 6.61 Å². The molecule has 0 bridgehead atoms. The zero-order valence-electron chi connectivity index (χ0n) is 14.3. The van der Waals surface area contributed by atoms with Crippen LogP contribution in [0, 0.1) is 5.92 Å². The van der Waals surface area contributed by atoms with Crippen LogP contribution in [-0.4, -0.2) is 18.5 Å². The maximum Gasteiger partial charge on any atom is 0.311 e. The van der Waals surface area contributed by atoms with E-state index >= 15 is 0 Å². The van der Waals surface area contributed by atoms with Gasteiger partial charge < -0.3 is 9.47 Å². The lowest BCUT2D eigenvalue weighted by atomic mass is 10.1. The second-order valence-electron chi connectivity index (χ2n) is 6.27. The molecule has 0 aliphatic heterocycles. The average molecular weight is 328 g/mol. The number of benzene rings is 2. The molecule has 0 unspecified atom stereocenters. The lowest BCUT2D eigenvalue weighted by molar-refractivity contribution is -0.145. The van der Waals surface area contributed by atoms with Crippen molar-refractivity contribution < 1.29 is 19.1 Å². The molecule has 0 aromatic heterocycles. The standard InChI is InChI=1S/C20H24O4/c1-15(2)14-23-19(21)9-5-6-10-20(22)24-18-12-11-16-7-3-4-8-17(16)13-18/h3-4,7-8,11-13,15H,5-6,9-10,14H2,1-2H3. The zero-order chi connectivity index (χ0) is 17.4. The fraction of sp³-hybridized carbons (Fsp3) is 0.400. The first-order valence-corrected chi connectivity index (χ1v) is 8.39. The number of ether oxygens (including phenoxy) is 2. The van der Waals surface area contributed by atoms with E-state index in [0.29, 0.717) is 44.0 Å². The Kier molecular flexibility index (Phi) is 6.79. The minimum absolute atomic E-state index is 0.202. The molecule has 0 saturated heterocycles. The van der Waals surface area contributed by atoms with E-state index in [1.54, 1.807) is 6.07 Å². The van der Waals surface area contributed by atoms with Crippen LogP contribution < -0.4 is 4.74 Å². The molecule has 0 atom stereocenters. The summed E-state index contributed by atoms with van der Waals surface area (Å²) in [6.45, 7) is 4.44. The summed E-state index contributed by atoms with van der Waals surface area (Å²) in [6.07, 6.45) is 1.88. The molecule has 24 heavy (non-hydrogen) atoms. The largest absolute Gasteiger partial charge is 0.465 e. The fourth-order valence-corrected chi connectivity index (χ4v) is 2.28. The van der Waals surface area contributed by atoms with Crippen LogP contribution in [0.25, 0.3) is 10.8 Å². The number of hydrogen-bond donors (Lipinski definition) is 0. The van der Waals surface area contributed by atoms with E-state index in [2.05, 4.69) is 0 Å². The molecular weight excluding hydrogens is 304 g/mol. The van der Waals surface area contributed by atoms with Crippen LogP contribution in [0.3, 0.4) is 0 Å². The average Bonchev–Trinajstić information content (AvgIpc) is 2.57. The van der Waals surface area contributed by atoms with Gasteiger partial charge in [-0.3, -0.25) is 9.59 Å².